The van der Waals surface area contributed by atoms with Crippen LogP contribution in [0.4, 0.5) is 0 Å². The molecule has 0 aliphatic heterocycles. The van der Waals surface area contributed by atoms with Gasteiger partial charge in [0.25, 0.3) is 0 Å². The molecule has 0 spiro atoms. The maximum atomic E-state index is 12.7. The van der Waals surface area contributed by atoms with Gasteiger partial charge in [-0.1, -0.05) is 181 Å². The number of carbonyl (C=O) groups excluding carboxylic acids is 3. The fraction of sp³-hybridized carbons (Fsp3) is 0.909. The Kier molecular flexibility index (Phi) is 37.9. The molecule has 9 heteroatoms. The molecule has 0 aliphatic carbocycles. The van der Waals surface area contributed by atoms with Gasteiger partial charge in [-0.3, -0.25) is 14.4 Å². The van der Waals surface area contributed by atoms with Crippen molar-refractivity contribution < 1.29 is 34.1 Å². The number of carboxylic acid groups (broad SMARTS) is 1. The number of esters is 1. The molecule has 2 unspecified atom stereocenters. The number of aliphatic hydroxyl groups excluding tert-OH is 1. The van der Waals surface area contributed by atoms with E-state index in [0.29, 0.717) is 12.8 Å². The fourth-order valence-corrected chi connectivity index (χ4v) is 6.89. The van der Waals surface area contributed by atoms with Gasteiger partial charge in [-0.15, -0.1) is 0 Å². The van der Waals surface area contributed by atoms with Gasteiger partial charge in [0.05, 0.1) is 13.2 Å². The summed E-state index contributed by atoms with van der Waals surface area (Å²) in [6.45, 7) is 3.47. The van der Waals surface area contributed by atoms with Crippen molar-refractivity contribution in [3.8, 4) is 0 Å². The Morgan fingerprint density at radius 1 is 0.491 bits per heavy atom. The summed E-state index contributed by atoms with van der Waals surface area (Å²) >= 11 is 0. The molecule has 9 nitrogen and oxygen atoms in total. The van der Waals surface area contributed by atoms with E-state index in [2.05, 4.69) is 24.5 Å². The predicted octanol–water partition coefficient (Wildman–Crippen LogP) is 10.9. The Morgan fingerprint density at radius 3 is 1.23 bits per heavy atom. The van der Waals surface area contributed by atoms with Gasteiger partial charge in [-0.2, -0.15) is 0 Å². The van der Waals surface area contributed by atoms with Gasteiger partial charge >= 0.3 is 11.9 Å². The summed E-state index contributed by atoms with van der Waals surface area (Å²) in [7, 11) is 0. The third kappa shape index (κ3) is 36.6. The Labute approximate surface area is 325 Å². The first kappa shape index (κ1) is 50.8. The van der Waals surface area contributed by atoms with E-state index < -0.39 is 24.5 Å². The molecule has 0 heterocycles. The topological polar surface area (TPSA) is 142 Å². The third-order valence-corrected chi connectivity index (χ3v) is 10.4. The second-order valence-electron chi connectivity index (χ2n) is 15.5. The zero-order valence-electron chi connectivity index (χ0n) is 34.5. The van der Waals surface area contributed by atoms with Crippen LogP contribution in [0.15, 0.2) is 0 Å². The molecule has 2 amide bonds. The smallest absolute Gasteiger partial charge is 0.328 e. The SMILES string of the molecule is CCCCCCCCCCCCCCCCCCCCCCC(=O)OC(CCCCCCCC)CCCCCCC(=O)NCC(=O)NC(CO)C(=O)O. The van der Waals surface area contributed by atoms with Crippen molar-refractivity contribution in [1.82, 2.24) is 10.6 Å². The molecule has 53 heavy (non-hydrogen) atoms. The van der Waals surface area contributed by atoms with Gasteiger partial charge in [0.15, 0.2) is 0 Å². The van der Waals surface area contributed by atoms with Gasteiger partial charge in [0, 0.05) is 12.8 Å². The molecule has 4 N–H and O–H groups in total. The molecule has 0 bridgehead atoms. The number of ether oxygens (including phenoxy) is 1. The highest BCUT2D eigenvalue weighted by atomic mass is 16.5. The lowest BCUT2D eigenvalue weighted by atomic mass is 10.0. The molecule has 0 rings (SSSR count). The fourth-order valence-electron chi connectivity index (χ4n) is 6.89. The minimum Gasteiger partial charge on any atom is -0.480 e. The normalized spacial score (nSPS) is 12.4. The Balaban J connectivity index is 3.99. The molecule has 0 aliphatic rings. The monoisotopic (exact) mass is 753 g/mol. The maximum absolute atomic E-state index is 12.7. The highest BCUT2D eigenvalue weighted by Gasteiger charge is 2.19. The van der Waals surface area contributed by atoms with E-state index in [1.165, 1.54) is 148 Å². The van der Waals surface area contributed by atoms with Gasteiger partial charge in [0.2, 0.25) is 11.8 Å². The van der Waals surface area contributed by atoms with Crippen LogP contribution in [0.1, 0.15) is 232 Å². The summed E-state index contributed by atoms with van der Waals surface area (Å²) in [5.74, 6) is -2.31. The first-order valence-electron chi connectivity index (χ1n) is 22.4. The number of unbranched alkanes of at least 4 members (excludes halogenated alkanes) is 27. The number of hydrogen-bond acceptors (Lipinski definition) is 6. The van der Waals surface area contributed by atoms with Gasteiger partial charge in [-0.05, 0) is 38.5 Å². The quantitative estimate of drug-likeness (QED) is 0.0360. The number of nitrogens with one attached hydrogen (secondary N) is 2. The molecule has 0 aromatic carbocycles. The van der Waals surface area contributed by atoms with E-state index in [9.17, 15) is 19.2 Å². The summed E-state index contributed by atoms with van der Waals surface area (Å²) in [4.78, 5) is 47.5. The zero-order valence-corrected chi connectivity index (χ0v) is 34.5. The van der Waals surface area contributed by atoms with E-state index in [-0.39, 0.29) is 30.9 Å². The lowest BCUT2D eigenvalue weighted by Crippen LogP contribution is -2.47. The second kappa shape index (κ2) is 39.5. The van der Waals surface area contributed by atoms with E-state index in [1.807, 2.05) is 0 Å². The Bertz CT molecular complexity index is 869. The molecule has 0 saturated heterocycles. The van der Waals surface area contributed by atoms with Crippen LogP contribution in [0.2, 0.25) is 0 Å². The van der Waals surface area contributed by atoms with E-state index in [0.717, 1.165) is 51.4 Å². The number of hydrogen-bond donors (Lipinski definition) is 4. The van der Waals surface area contributed by atoms with Crippen molar-refractivity contribution in [2.75, 3.05) is 13.2 Å². The van der Waals surface area contributed by atoms with Crippen LogP contribution >= 0.6 is 0 Å². The van der Waals surface area contributed by atoms with Crippen molar-refractivity contribution in [2.24, 2.45) is 0 Å². The number of aliphatic carboxylic acids is 1. The number of carbonyl (C=O) groups is 4. The first-order chi connectivity index (χ1) is 25.8. The molecule has 0 aromatic rings. The Morgan fingerprint density at radius 2 is 0.849 bits per heavy atom. The zero-order chi connectivity index (χ0) is 39.0. The highest BCUT2D eigenvalue weighted by Crippen LogP contribution is 2.19. The van der Waals surface area contributed by atoms with Crippen molar-refractivity contribution in [2.45, 2.75) is 244 Å². The maximum Gasteiger partial charge on any atom is 0.328 e. The van der Waals surface area contributed by atoms with Crippen LogP contribution in [-0.4, -0.2) is 59.3 Å². The van der Waals surface area contributed by atoms with Crippen molar-refractivity contribution >= 4 is 23.8 Å². The number of amides is 2. The van der Waals surface area contributed by atoms with Crippen LogP contribution in [0.3, 0.4) is 0 Å². The standard InChI is InChI=1S/C44H84N2O7/c1-3-5-7-9-11-12-13-14-15-16-17-18-19-20-21-22-23-24-26-32-36-43(50)53-39(33-29-25-10-8-6-4-2)34-30-27-28-31-35-41(48)45-37-42(49)46-40(38-47)44(51)52/h39-40,47H,3-38H2,1-2H3,(H,45,48)(H,46,49)(H,51,52). The molecular formula is C44H84N2O7. The summed E-state index contributed by atoms with van der Waals surface area (Å²) in [5.41, 5.74) is 0. The number of rotatable bonds is 41. The Hall–Kier alpha value is -2.16. The minimum atomic E-state index is -1.38. The first-order valence-corrected chi connectivity index (χ1v) is 22.4. The van der Waals surface area contributed by atoms with E-state index in [4.69, 9.17) is 14.9 Å². The summed E-state index contributed by atoms with van der Waals surface area (Å²) in [5, 5.41) is 22.5. The highest BCUT2D eigenvalue weighted by molar-refractivity contribution is 5.87. The number of aliphatic hydroxyl groups is 1. The molecule has 0 aromatic heterocycles. The molecule has 0 fully saturated rings. The van der Waals surface area contributed by atoms with Crippen LogP contribution < -0.4 is 10.6 Å². The lowest BCUT2D eigenvalue weighted by Gasteiger charge is -2.18. The summed E-state index contributed by atoms with van der Waals surface area (Å²) < 4.78 is 5.97. The van der Waals surface area contributed by atoms with Gasteiger partial charge in [-0.25, -0.2) is 4.79 Å². The average molecular weight is 753 g/mol. The number of carboxylic acids is 1. The molecule has 0 radical (unpaired) electrons. The van der Waals surface area contributed by atoms with Gasteiger partial charge in [0.1, 0.15) is 12.1 Å². The van der Waals surface area contributed by atoms with Crippen molar-refractivity contribution in [3.05, 3.63) is 0 Å². The average Bonchev–Trinajstić information content (AvgIpc) is 3.14. The van der Waals surface area contributed by atoms with Crippen LogP contribution in [-0.2, 0) is 23.9 Å². The molecule has 312 valence electrons. The summed E-state index contributed by atoms with van der Waals surface area (Å²) in [6.07, 6.45) is 40.1. The van der Waals surface area contributed by atoms with Crippen molar-refractivity contribution in [3.63, 3.8) is 0 Å². The minimum absolute atomic E-state index is 0.0332. The second-order valence-corrected chi connectivity index (χ2v) is 15.5. The van der Waals surface area contributed by atoms with E-state index in [1.54, 1.807) is 0 Å². The van der Waals surface area contributed by atoms with Crippen LogP contribution in [0.25, 0.3) is 0 Å². The lowest BCUT2D eigenvalue weighted by molar-refractivity contribution is -0.150. The van der Waals surface area contributed by atoms with Gasteiger partial charge < -0.3 is 25.6 Å². The molecular weight excluding hydrogens is 668 g/mol. The van der Waals surface area contributed by atoms with Crippen molar-refractivity contribution in [1.29, 1.82) is 0 Å². The predicted molar refractivity (Wildman–Crippen MR) is 218 cm³/mol. The van der Waals surface area contributed by atoms with E-state index >= 15 is 0 Å². The third-order valence-electron chi connectivity index (χ3n) is 10.4. The molecule has 0 saturated carbocycles. The summed E-state index contributed by atoms with van der Waals surface area (Å²) in [6, 6.07) is -1.38. The largest absolute Gasteiger partial charge is 0.480 e. The van der Waals surface area contributed by atoms with Crippen LogP contribution in [0, 0.1) is 0 Å². The molecule has 2 atom stereocenters. The van der Waals surface area contributed by atoms with Crippen LogP contribution in [0.5, 0.6) is 0 Å².